The van der Waals surface area contributed by atoms with Crippen LogP contribution in [-0.4, -0.2) is 121 Å². The minimum absolute atomic E-state index is 0.111. The molecule has 2 aliphatic rings. The van der Waals surface area contributed by atoms with Gasteiger partial charge in [-0.15, -0.1) is 11.8 Å². The molecule has 2 fully saturated rings. The molecule has 4 amide bonds. The van der Waals surface area contributed by atoms with Crippen LogP contribution >= 0.6 is 11.8 Å². The second-order valence-electron chi connectivity index (χ2n) is 13.1. The summed E-state index contributed by atoms with van der Waals surface area (Å²) in [7, 11) is 3.79. The molecule has 2 heterocycles. The lowest BCUT2D eigenvalue weighted by molar-refractivity contribution is -0.148. The van der Waals surface area contributed by atoms with Crippen LogP contribution in [0.5, 0.6) is 5.75 Å². The van der Waals surface area contributed by atoms with Crippen LogP contribution in [0, 0.1) is 5.92 Å². The highest BCUT2D eigenvalue weighted by Gasteiger charge is 2.50. The van der Waals surface area contributed by atoms with Gasteiger partial charge in [0.2, 0.25) is 11.8 Å². The predicted octanol–water partition coefficient (Wildman–Crippen LogP) is 1.09. The maximum atomic E-state index is 14.0. The molecule has 2 saturated heterocycles. The van der Waals surface area contributed by atoms with Crippen molar-refractivity contribution in [3.05, 3.63) is 72.3 Å². The average molecular weight is 712 g/mol. The molecule has 5 atom stereocenters. The first-order chi connectivity index (χ1) is 23.9. The number of hydrogen-bond acceptors (Lipinski definition) is 10. The van der Waals surface area contributed by atoms with E-state index < -0.39 is 52.6 Å². The quantitative estimate of drug-likeness (QED) is 0.159. The molecule has 0 aromatic heterocycles. The van der Waals surface area contributed by atoms with E-state index in [0.29, 0.717) is 18.8 Å². The number of rotatable bonds is 16. The lowest BCUT2D eigenvalue weighted by Gasteiger charge is -2.34. The summed E-state index contributed by atoms with van der Waals surface area (Å²) in [6.45, 7) is 4.06. The van der Waals surface area contributed by atoms with Crippen LogP contribution in [0.25, 0.3) is 0 Å². The monoisotopic (exact) mass is 711 g/mol. The molecule has 4 rings (SSSR count). The normalized spacial score (nSPS) is 20.2. The molecule has 0 radical (unpaired) electrons. The third-order valence-electron chi connectivity index (χ3n) is 8.74. The van der Waals surface area contributed by atoms with Gasteiger partial charge in [-0.25, -0.2) is 0 Å². The largest absolute Gasteiger partial charge is 0.484 e. The number of ether oxygens (including phenoxy) is 2. The van der Waals surface area contributed by atoms with E-state index >= 15 is 0 Å². The molecular weight excluding hydrogens is 662 g/mol. The van der Waals surface area contributed by atoms with Gasteiger partial charge in [-0.3, -0.25) is 19.2 Å². The topological polar surface area (TPSA) is 170 Å². The molecule has 0 aliphatic carbocycles. The second-order valence-corrected chi connectivity index (χ2v) is 14.7. The first-order valence-electron chi connectivity index (χ1n) is 16.7. The van der Waals surface area contributed by atoms with E-state index in [4.69, 9.17) is 14.6 Å². The van der Waals surface area contributed by atoms with E-state index in [1.54, 1.807) is 18.2 Å². The number of hydrogen-bond donors (Lipinski definition) is 5. The molecule has 0 saturated carbocycles. The molecule has 50 heavy (non-hydrogen) atoms. The Bertz CT molecular complexity index is 1480. The standard InChI is InChI=1S/C36H49N5O8S/c1-36(2)32(34(46)37-16-8-9-17-42)41(23-50-36)35(47)31(44)28(19-24-11-6-5-7-12-24)38-33(45)30(25-15-18-48-21-25)39-29(43)22-49-27-14-10-13-26(20-27)40(3)4/h5-14,20,25,28,30-32,42,44H,15-19,21-23H2,1-4H3,(H,37,46)(H,38,45)(H,39,43)/b9-8-/t25-,28-,30-,31-,32+/m0/s1. The van der Waals surface area contributed by atoms with Gasteiger partial charge < -0.3 is 45.4 Å². The van der Waals surface area contributed by atoms with Crippen LogP contribution in [0.2, 0.25) is 0 Å². The van der Waals surface area contributed by atoms with Crippen molar-refractivity contribution in [3.63, 3.8) is 0 Å². The van der Waals surface area contributed by atoms with Crippen LogP contribution in [-0.2, 0) is 30.3 Å². The molecule has 13 nitrogen and oxygen atoms in total. The minimum Gasteiger partial charge on any atom is -0.484 e. The Morgan fingerprint density at radius 2 is 1.86 bits per heavy atom. The van der Waals surface area contributed by atoms with Crippen LogP contribution < -0.4 is 25.6 Å². The zero-order valence-electron chi connectivity index (χ0n) is 29.0. The van der Waals surface area contributed by atoms with Crippen molar-refractivity contribution in [1.82, 2.24) is 20.9 Å². The number of thioether (sulfide) groups is 1. The zero-order chi connectivity index (χ0) is 36.3. The van der Waals surface area contributed by atoms with Gasteiger partial charge in [0.15, 0.2) is 12.7 Å². The Morgan fingerprint density at radius 3 is 2.54 bits per heavy atom. The number of carbonyl (C=O) groups is 4. The Labute approximate surface area is 297 Å². The van der Waals surface area contributed by atoms with Crippen molar-refractivity contribution in [3.8, 4) is 5.75 Å². The van der Waals surface area contributed by atoms with Crippen LogP contribution in [0.1, 0.15) is 25.8 Å². The predicted molar refractivity (Wildman–Crippen MR) is 192 cm³/mol. The van der Waals surface area contributed by atoms with Crippen molar-refractivity contribution >= 4 is 41.1 Å². The fraction of sp³-hybridized carbons (Fsp3) is 0.500. The van der Waals surface area contributed by atoms with Crippen LogP contribution in [0.3, 0.4) is 0 Å². The fourth-order valence-corrected chi connectivity index (χ4v) is 7.12. The molecule has 2 aromatic rings. The smallest absolute Gasteiger partial charge is 0.258 e. The van der Waals surface area contributed by atoms with Gasteiger partial charge in [-0.05, 0) is 44.4 Å². The summed E-state index contributed by atoms with van der Waals surface area (Å²) >= 11 is 1.41. The minimum atomic E-state index is -1.71. The van der Waals surface area contributed by atoms with E-state index in [1.165, 1.54) is 22.7 Å². The summed E-state index contributed by atoms with van der Waals surface area (Å²) < 4.78 is 10.6. The van der Waals surface area contributed by atoms with Crippen LogP contribution in [0.15, 0.2) is 66.7 Å². The number of nitrogens with zero attached hydrogens (tertiary/aromatic N) is 2. The Hall–Kier alpha value is -4.11. The Kier molecular flexibility index (Phi) is 14.1. The van der Waals surface area contributed by atoms with E-state index in [1.807, 2.05) is 75.3 Å². The van der Waals surface area contributed by atoms with Crippen molar-refractivity contribution in [2.45, 2.75) is 55.7 Å². The number of benzene rings is 2. The second kappa shape index (κ2) is 18.2. The average Bonchev–Trinajstić information content (AvgIpc) is 3.75. The lowest BCUT2D eigenvalue weighted by Crippen LogP contribution is -2.61. The van der Waals surface area contributed by atoms with Gasteiger partial charge in [-0.1, -0.05) is 48.6 Å². The summed E-state index contributed by atoms with van der Waals surface area (Å²) in [6.07, 6.45) is 2.04. The molecule has 14 heteroatoms. The molecule has 0 unspecified atom stereocenters. The number of aliphatic hydroxyl groups is 2. The van der Waals surface area contributed by atoms with Crippen LogP contribution in [0.4, 0.5) is 5.69 Å². The van der Waals surface area contributed by atoms with Gasteiger partial charge in [0.1, 0.15) is 17.8 Å². The fourth-order valence-electron chi connectivity index (χ4n) is 5.98. The van der Waals surface area contributed by atoms with Crippen molar-refractivity contribution in [1.29, 1.82) is 0 Å². The van der Waals surface area contributed by atoms with Crippen molar-refractivity contribution < 1.29 is 38.9 Å². The molecule has 5 N–H and O–H groups in total. The molecular formula is C36H49N5O8S. The SMILES string of the molecule is CN(C)c1cccc(OCC(=O)N[C@H](C(=O)N[C@@H](Cc2ccccc2)[C@H](O)C(=O)N2CSC(C)(C)[C@H]2C(=O)NC/C=C\CO)[C@H]2CCOC2)c1. The maximum absolute atomic E-state index is 14.0. The summed E-state index contributed by atoms with van der Waals surface area (Å²) in [5, 5.41) is 29.1. The van der Waals surface area contributed by atoms with Gasteiger partial charge in [0.25, 0.3) is 11.8 Å². The third kappa shape index (κ3) is 10.5. The van der Waals surface area contributed by atoms with E-state index in [2.05, 4.69) is 16.0 Å². The first kappa shape index (κ1) is 38.7. The van der Waals surface area contributed by atoms with Gasteiger partial charge in [0, 0.05) is 49.7 Å². The van der Waals surface area contributed by atoms with Gasteiger partial charge in [0.05, 0.1) is 25.1 Å². The van der Waals surface area contributed by atoms with Gasteiger partial charge in [-0.2, -0.15) is 0 Å². The number of amides is 4. The summed E-state index contributed by atoms with van der Waals surface area (Å²) in [5.41, 5.74) is 1.67. The number of nitrogens with one attached hydrogen (secondary N) is 3. The van der Waals surface area contributed by atoms with E-state index in [0.717, 1.165) is 11.3 Å². The maximum Gasteiger partial charge on any atom is 0.258 e. The number of anilines is 1. The van der Waals surface area contributed by atoms with E-state index in [9.17, 15) is 24.3 Å². The molecule has 272 valence electrons. The highest BCUT2D eigenvalue weighted by atomic mass is 32.2. The number of aliphatic hydroxyl groups excluding tert-OH is 2. The zero-order valence-corrected chi connectivity index (χ0v) is 29.9. The summed E-state index contributed by atoms with van der Waals surface area (Å²) in [5.74, 6) is -1.86. The summed E-state index contributed by atoms with van der Waals surface area (Å²) in [4.78, 5) is 57.7. The Morgan fingerprint density at radius 1 is 1.10 bits per heavy atom. The molecule has 2 aliphatic heterocycles. The molecule has 2 aromatic carbocycles. The molecule has 0 spiro atoms. The highest BCUT2D eigenvalue weighted by Crippen LogP contribution is 2.40. The van der Waals surface area contributed by atoms with E-state index in [-0.39, 0.29) is 44.6 Å². The van der Waals surface area contributed by atoms with Gasteiger partial charge >= 0.3 is 0 Å². The summed E-state index contributed by atoms with van der Waals surface area (Å²) in [6, 6.07) is 13.4. The first-order valence-corrected chi connectivity index (χ1v) is 17.7. The third-order valence-corrected chi connectivity index (χ3v) is 10.1. The molecule has 0 bridgehead atoms. The lowest BCUT2D eigenvalue weighted by atomic mass is 9.95. The Balaban J connectivity index is 1.51. The highest BCUT2D eigenvalue weighted by molar-refractivity contribution is 8.00. The van der Waals surface area contributed by atoms with Crippen molar-refractivity contribution in [2.75, 3.05) is 57.8 Å². The van der Waals surface area contributed by atoms with Crippen molar-refractivity contribution in [2.24, 2.45) is 5.92 Å². The number of carbonyl (C=O) groups excluding carboxylic acids is 4.